The van der Waals surface area contributed by atoms with Gasteiger partial charge in [-0.15, -0.1) is 5.10 Å². The minimum atomic E-state index is -1.22. The molecule has 10 heteroatoms. The highest BCUT2D eigenvalue weighted by atomic mass is 19.1. The third kappa shape index (κ3) is 2.73. The molecule has 2 N–H and O–H groups in total. The van der Waals surface area contributed by atoms with E-state index < -0.39 is 23.0 Å². The third-order valence-electron chi connectivity index (χ3n) is 2.30. The Labute approximate surface area is 103 Å². The number of rotatable bonds is 4. The van der Waals surface area contributed by atoms with Crippen molar-refractivity contribution in [3.8, 4) is 0 Å². The second-order valence-corrected chi connectivity index (χ2v) is 3.60. The van der Waals surface area contributed by atoms with Crippen molar-refractivity contribution in [2.24, 2.45) is 0 Å². The van der Waals surface area contributed by atoms with Crippen LogP contribution in [0.3, 0.4) is 0 Å². The number of aromatic carboxylic acids is 1. The lowest BCUT2D eigenvalue weighted by Crippen LogP contribution is -2.32. The lowest BCUT2D eigenvalue weighted by Gasteiger charge is -2.04. The van der Waals surface area contributed by atoms with Gasteiger partial charge in [0.25, 0.3) is 5.56 Å². The molecule has 0 saturated heterocycles. The summed E-state index contributed by atoms with van der Waals surface area (Å²) in [6, 6.07) is 0. The van der Waals surface area contributed by atoms with Crippen LogP contribution in [-0.4, -0.2) is 35.6 Å². The summed E-state index contributed by atoms with van der Waals surface area (Å²) in [7, 11) is 0. The number of H-pyrrole nitrogens is 1. The van der Waals surface area contributed by atoms with Crippen LogP contribution in [0.25, 0.3) is 0 Å². The van der Waals surface area contributed by atoms with Gasteiger partial charge in [0.1, 0.15) is 0 Å². The normalized spacial score (nSPS) is 10.6. The number of hydrogen-bond donors (Lipinski definition) is 2. The van der Waals surface area contributed by atoms with E-state index in [1.165, 1.54) is 10.9 Å². The molecule has 2 aromatic rings. The van der Waals surface area contributed by atoms with E-state index in [9.17, 15) is 18.8 Å². The van der Waals surface area contributed by atoms with Gasteiger partial charge in [0.15, 0.2) is 5.69 Å². The van der Waals surface area contributed by atoms with Crippen molar-refractivity contribution in [1.82, 2.24) is 24.5 Å². The van der Waals surface area contributed by atoms with E-state index in [1.54, 1.807) is 4.98 Å². The maximum Gasteiger partial charge on any atom is 0.358 e. The summed E-state index contributed by atoms with van der Waals surface area (Å²) >= 11 is 0. The molecule has 0 radical (unpaired) electrons. The number of hydrogen-bond acceptors (Lipinski definition) is 5. The first-order valence-electron chi connectivity index (χ1n) is 5.10. The number of carbonyl (C=O) groups is 1. The Morgan fingerprint density at radius 3 is 2.74 bits per heavy atom. The van der Waals surface area contributed by atoms with Gasteiger partial charge < -0.3 is 5.11 Å². The Kier molecular flexibility index (Phi) is 3.23. The molecule has 0 amide bonds. The third-order valence-corrected chi connectivity index (χ3v) is 2.30. The fourth-order valence-corrected chi connectivity index (χ4v) is 1.36. The minimum absolute atomic E-state index is 0.00888. The van der Waals surface area contributed by atoms with E-state index in [-0.39, 0.29) is 18.8 Å². The molecule has 2 aromatic heterocycles. The molecule has 0 saturated carbocycles. The molecule has 0 atom stereocenters. The van der Waals surface area contributed by atoms with Crippen molar-refractivity contribution in [3.63, 3.8) is 0 Å². The van der Waals surface area contributed by atoms with Gasteiger partial charge in [-0.2, -0.15) is 4.39 Å². The van der Waals surface area contributed by atoms with Crippen LogP contribution in [0.5, 0.6) is 0 Å². The van der Waals surface area contributed by atoms with Crippen molar-refractivity contribution in [2.75, 3.05) is 0 Å². The van der Waals surface area contributed by atoms with Crippen LogP contribution in [0.1, 0.15) is 10.5 Å². The fraction of sp³-hybridized carbons (Fsp3) is 0.222. The molecule has 0 unspecified atom stereocenters. The fourth-order valence-electron chi connectivity index (χ4n) is 1.36. The Balaban J connectivity index is 2.14. The van der Waals surface area contributed by atoms with E-state index in [4.69, 9.17) is 5.11 Å². The molecule has 9 nitrogen and oxygen atoms in total. The van der Waals surface area contributed by atoms with Gasteiger partial charge in [0.2, 0.25) is 5.82 Å². The molecule has 0 spiro atoms. The molecule has 2 heterocycles. The molecule has 0 aliphatic heterocycles. The number of carboxylic acids is 1. The van der Waals surface area contributed by atoms with E-state index in [0.717, 1.165) is 10.8 Å². The second-order valence-electron chi connectivity index (χ2n) is 3.60. The number of aryl methyl sites for hydroxylation is 2. The Bertz CT molecular complexity index is 731. The molecule has 2 rings (SSSR count). The van der Waals surface area contributed by atoms with Crippen LogP contribution in [0, 0.1) is 5.82 Å². The molecule has 0 aliphatic rings. The lowest BCUT2D eigenvalue weighted by atomic mass is 10.5. The average molecular weight is 269 g/mol. The van der Waals surface area contributed by atoms with Gasteiger partial charge in [-0.05, 0) is 0 Å². The van der Waals surface area contributed by atoms with Crippen molar-refractivity contribution in [1.29, 1.82) is 0 Å². The van der Waals surface area contributed by atoms with Gasteiger partial charge in [0, 0.05) is 6.54 Å². The zero-order chi connectivity index (χ0) is 14.0. The summed E-state index contributed by atoms with van der Waals surface area (Å²) in [5.74, 6) is -2.30. The Morgan fingerprint density at radius 2 is 2.11 bits per heavy atom. The SMILES string of the molecule is O=C(O)c1cn(CCn2cc(F)c(=O)[nH]c2=O)nn1. The molecular formula is C9H8FN5O4. The van der Waals surface area contributed by atoms with Crippen molar-refractivity contribution in [3.05, 3.63) is 44.7 Å². The van der Waals surface area contributed by atoms with E-state index >= 15 is 0 Å². The molecule has 0 aromatic carbocycles. The largest absolute Gasteiger partial charge is 0.476 e. The number of halogens is 1. The van der Waals surface area contributed by atoms with Crippen LogP contribution in [0.2, 0.25) is 0 Å². The van der Waals surface area contributed by atoms with Crippen molar-refractivity contribution in [2.45, 2.75) is 13.1 Å². The van der Waals surface area contributed by atoms with Crippen LogP contribution in [-0.2, 0) is 13.1 Å². The first kappa shape index (κ1) is 12.7. The highest BCUT2D eigenvalue weighted by Gasteiger charge is 2.08. The summed E-state index contributed by atoms with van der Waals surface area (Å²) in [5.41, 5.74) is -2.08. The van der Waals surface area contributed by atoms with Crippen molar-refractivity contribution >= 4 is 5.97 Å². The first-order valence-corrected chi connectivity index (χ1v) is 5.10. The monoisotopic (exact) mass is 269 g/mol. The highest BCUT2D eigenvalue weighted by molar-refractivity contribution is 5.84. The molecule has 0 aliphatic carbocycles. The molecule has 0 fully saturated rings. The van der Waals surface area contributed by atoms with Crippen LogP contribution < -0.4 is 11.2 Å². The first-order chi connectivity index (χ1) is 8.97. The number of carboxylic acid groups (broad SMARTS) is 1. The molecule has 100 valence electrons. The van der Waals surface area contributed by atoms with Gasteiger partial charge in [-0.25, -0.2) is 14.3 Å². The van der Waals surface area contributed by atoms with Crippen LogP contribution in [0.4, 0.5) is 4.39 Å². The maximum absolute atomic E-state index is 13.0. The maximum atomic E-state index is 13.0. The standard InChI is InChI=1S/C9H8FN5O4/c10-5-3-14(9(19)11-7(5)16)1-2-15-4-6(8(17)18)12-13-15/h3-4H,1-2H2,(H,17,18)(H,11,16,19). The summed E-state index contributed by atoms with van der Waals surface area (Å²) in [6.07, 6.45) is 1.95. The van der Waals surface area contributed by atoms with Gasteiger partial charge in [-0.1, -0.05) is 5.21 Å². The molecule has 19 heavy (non-hydrogen) atoms. The van der Waals surface area contributed by atoms with Crippen molar-refractivity contribution < 1.29 is 14.3 Å². The summed E-state index contributed by atoms with van der Waals surface area (Å²) in [4.78, 5) is 34.5. The summed E-state index contributed by atoms with van der Waals surface area (Å²) in [5, 5.41) is 15.5. The quantitative estimate of drug-likeness (QED) is 0.708. The summed E-state index contributed by atoms with van der Waals surface area (Å²) < 4.78 is 15.1. The predicted molar refractivity (Wildman–Crippen MR) is 58.3 cm³/mol. The summed E-state index contributed by atoms with van der Waals surface area (Å²) in [6.45, 7) is 0.112. The lowest BCUT2D eigenvalue weighted by molar-refractivity contribution is 0.0690. The Morgan fingerprint density at radius 1 is 1.37 bits per heavy atom. The van der Waals surface area contributed by atoms with E-state index in [1.807, 2.05) is 0 Å². The average Bonchev–Trinajstić information content (AvgIpc) is 2.81. The van der Waals surface area contributed by atoms with Gasteiger partial charge in [-0.3, -0.25) is 14.3 Å². The number of nitrogens with one attached hydrogen (secondary N) is 1. The molecular weight excluding hydrogens is 261 g/mol. The van der Waals surface area contributed by atoms with Gasteiger partial charge >= 0.3 is 11.7 Å². The Hall–Kier alpha value is -2.78. The minimum Gasteiger partial charge on any atom is -0.476 e. The number of aromatic amines is 1. The molecule has 0 bridgehead atoms. The second kappa shape index (κ2) is 4.84. The zero-order valence-electron chi connectivity index (χ0n) is 9.41. The van der Waals surface area contributed by atoms with E-state index in [2.05, 4.69) is 10.3 Å². The van der Waals surface area contributed by atoms with E-state index in [0.29, 0.717) is 0 Å². The topological polar surface area (TPSA) is 123 Å². The smallest absolute Gasteiger partial charge is 0.358 e. The zero-order valence-corrected chi connectivity index (χ0v) is 9.41. The number of nitrogens with zero attached hydrogens (tertiary/aromatic N) is 4. The number of aromatic nitrogens is 5. The van der Waals surface area contributed by atoms with Gasteiger partial charge in [0.05, 0.1) is 18.9 Å². The highest BCUT2D eigenvalue weighted by Crippen LogP contribution is 1.94. The van der Waals surface area contributed by atoms with Crippen LogP contribution >= 0.6 is 0 Å². The predicted octanol–water partition coefficient (Wildman–Crippen LogP) is -1.33. The van der Waals surface area contributed by atoms with Crippen LogP contribution in [0.15, 0.2) is 22.0 Å².